The predicted molar refractivity (Wildman–Crippen MR) is 95.9 cm³/mol. The molecule has 3 nitrogen and oxygen atoms in total. The Labute approximate surface area is 144 Å². The Balaban J connectivity index is 1.27. The number of fused-ring (bicyclic) bond motifs is 1. The molecule has 1 aromatic carbocycles. The van der Waals surface area contributed by atoms with Crippen molar-refractivity contribution < 1.29 is 4.79 Å². The van der Waals surface area contributed by atoms with E-state index in [-0.39, 0.29) is 5.91 Å². The molecule has 1 heterocycles. The third-order valence-electron chi connectivity index (χ3n) is 7.22. The van der Waals surface area contributed by atoms with Gasteiger partial charge in [0.25, 0.3) is 0 Å². The Kier molecular flexibility index (Phi) is 3.39. The first-order chi connectivity index (χ1) is 11.7. The van der Waals surface area contributed by atoms with Crippen LogP contribution in [0.4, 0.5) is 5.69 Å². The van der Waals surface area contributed by atoms with Crippen LogP contribution >= 0.6 is 0 Å². The van der Waals surface area contributed by atoms with Gasteiger partial charge >= 0.3 is 0 Å². The van der Waals surface area contributed by atoms with Crippen molar-refractivity contribution in [2.24, 2.45) is 23.7 Å². The molecule has 0 spiro atoms. The molecule has 0 saturated heterocycles. The predicted octanol–water partition coefficient (Wildman–Crippen LogP) is 3.38. The Bertz CT molecular complexity index is 627. The highest BCUT2D eigenvalue weighted by Gasteiger charge is 2.48. The lowest BCUT2D eigenvalue weighted by molar-refractivity contribution is -0.123. The van der Waals surface area contributed by atoms with E-state index < -0.39 is 0 Å². The smallest absolute Gasteiger partial charge is 0.239 e. The third-order valence-corrected chi connectivity index (χ3v) is 7.22. The van der Waals surface area contributed by atoms with Gasteiger partial charge in [-0.3, -0.25) is 4.79 Å². The standard InChI is InChI=1S/C21H28N2O/c1-13-6-16-4-2-3-5-19(16)23(13)12-20(24)22-21-17-8-14-7-15(10-17)11-18(21)9-14/h2-5,13-15,17-18,21H,6-12H2,1H3,(H,22,24)/t13-,14?,15?,17?,18?,21?/m0/s1. The fraction of sp³-hybridized carbons (Fsp3) is 0.667. The van der Waals surface area contributed by atoms with Gasteiger partial charge in [-0.05, 0) is 80.8 Å². The van der Waals surface area contributed by atoms with Crippen LogP contribution in [0.25, 0.3) is 0 Å². The summed E-state index contributed by atoms with van der Waals surface area (Å²) in [5, 5.41) is 3.46. The summed E-state index contributed by atoms with van der Waals surface area (Å²) in [6, 6.07) is 9.42. The molecule has 0 aromatic heterocycles. The van der Waals surface area contributed by atoms with Crippen LogP contribution in [0.15, 0.2) is 24.3 Å². The van der Waals surface area contributed by atoms with Gasteiger partial charge in [-0.1, -0.05) is 18.2 Å². The SMILES string of the molecule is C[C@H]1Cc2ccccc2N1CC(=O)NC1C2CC3CC(C2)CC1C3. The van der Waals surface area contributed by atoms with Crippen LogP contribution in [0.2, 0.25) is 0 Å². The lowest BCUT2D eigenvalue weighted by Crippen LogP contribution is -2.57. The molecule has 24 heavy (non-hydrogen) atoms. The number of benzene rings is 1. The van der Waals surface area contributed by atoms with Gasteiger partial charge in [0.05, 0.1) is 6.54 Å². The van der Waals surface area contributed by atoms with Gasteiger partial charge in [0, 0.05) is 17.8 Å². The lowest BCUT2D eigenvalue weighted by Gasteiger charge is -2.54. The highest BCUT2D eigenvalue weighted by atomic mass is 16.2. The van der Waals surface area contributed by atoms with Crippen molar-refractivity contribution in [3.63, 3.8) is 0 Å². The summed E-state index contributed by atoms with van der Waals surface area (Å²) in [5.41, 5.74) is 2.64. The summed E-state index contributed by atoms with van der Waals surface area (Å²) in [6.45, 7) is 2.75. The van der Waals surface area contributed by atoms with Crippen LogP contribution in [-0.2, 0) is 11.2 Å². The first kappa shape index (κ1) is 14.8. The number of hydrogen-bond donors (Lipinski definition) is 1. The molecule has 0 radical (unpaired) electrons. The Morgan fingerprint density at radius 3 is 2.46 bits per heavy atom. The topological polar surface area (TPSA) is 32.3 Å². The van der Waals surface area contributed by atoms with Crippen LogP contribution in [0, 0.1) is 23.7 Å². The highest BCUT2D eigenvalue weighted by Crippen LogP contribution is 2.53. The maximum absolute atomic E-state index is 12.8. The van der Waals surface area contributed by atoms with Crippen LogP contribution in [0.3, 0.4) is 0 Å². The maximum Gasteiger partial charge on any atom is 0.239 e. The van der Waals surface area contributed by atoms with Crippen molar-refractivity contribution in [1.82, 2.24) is 5.32 Å². The van der Waals surface area contributed by atoms with E-state index >= 15 is 0 Å². The second-order valence-electron chi connectivity index (χ2n) is 8.83. The van der Waals surface area contributed by atoms with E-state index in [2.05, 4.69) is 41.4 Å². The summed E-state index contributed by atoms with van der Waals surface area (Å²) >= 11 is 0. The number of anilines is 1. The zero-order chi connectivity index (χ0) is 16.3. The number of nitrogens with one attached hydrogen (secondary N) is 1. The third kappa shape index (κ3) is 2.35. The largest absolute Gasteiger partial charge is 0.359 e. The van der Waals surface area contributed by atoms with E-state index in [0.29, 0.717) is 18.6 Å². The van der Waals surface area contributed by atoms with Crippen molar-refractivity contribution in [3.8, 4) is 0 Å². The first-order valence-electron chi connectivity index (χ1n) is 9.81. The molecule has 3 heteroatoms. The van der Waals surface area contributed by atoms with E-state index in [0.717, 1.165) is 30.1 Å². The second-order valence-corrected chi connectivity index (χ2v) is 8.83. The summed E-state index contributed by atoms with van der Waals surface area (Å²) < 4.78 is 0. The van der Waals surface area contributed by atoms with E-state index in [1.165, 1.54) is 43.4 Å². The Morgan fingerprint density at radius 1 is 1.08 bits per heavy atom. The molecular weight excluding hydrogens is 296 g/mol. The first-order valence-corrected chi connectivity index (χ1v) is 9.81. The summed E-state index contributed by atoms with van der Waals surface area (Å²) in [4.78, 5) is 15.1. The van der Waals surface area contributed by atoms with Gasteiger partial charge in [0.2, 0.25) is 5.91 Å². The van der Waals surface area contributed by atoms with Crippen LogP contribution in [0.1, 0.15) is 44.6 Å². The number of para-hydroxylation sites is 1. The van der Waals surface area contributed by atoms with E-state index in [4.69, 9.17) is 0 Å². The Morgan fingerprint density at radius 2 is 1.75 bits per heavy atom. The molecular formula is C21H28N2O. The average molecular weight is 324 g/mol. The maximum atomic E-state index is 12.8. The fourth-order valence-corrected chi connectivity index (χ4v) is 6.42. The van der Waals surface area contributed by atoms with Gasteiger partial charge in [-0.2, -0.15) is 0 Å². The summed E-state index contributed by atoms with van der Waals surface area (Å²) in [7, 11) is 0. The lowest BCUT2D eigenvalue weighted by atomic mass is 9.54. The van der Waals surface area contributed by atoms with Crippen molar-refractivity contribution in [1.29, 1.82) is 0 Å². The second kappa shape index (κ2) is 5.50. The van der Waals surface area contributed by atoms with Gasteiger partial charge in [-0.25, -0.2) is 0 Å². The molecule has 1 N–H and O–H groups in total. The minimum atomic E-state index is 0.232. The van der Waals surface area contributed by atoms with Crippen LogP contribution < -0.4 is 10.2 Å². The van der Waals surface area contributed by atoms with Gasteiger partial charge < -0.3 is 10.2 Å². The molecule has 128 valence electrons. The summed E-state index contributed by atoms with van der Waals surface area (Å²) in [5.74, 6) is 3.68. The number of hydrogen-bond acceptors (Lipinski definition) is 2. The summed E-state index contributed by atoms with van der Waals surface area (Å²) in [6.07, 6.45) is 7.97. The van der Waals surface area contributed by atoms with Crippen molar-refractivity contribution in [2.75, 3.05) is 11.4 Å². The molecule has 4 bridgehead atoms. The van der Waals surface area contributed by atoms with Gasteiger partial charge in [0.1, 0.15) is 0 Å². The quantitative estimate of drug-likeness (QED) is 0.924. The molecule has 4 fully saturated rings. The number of rotatable bonds is 3. The number of carbonyl (C=O) groups is 1. The molecule has 6 rings (SSSR count). The molecule has 1 atom stereocenters. The van der Waals surface area contributed by atoms with E-state index in [1.807, 2.05) is 0 Å². The van der Waals surface area contributed by atoms with Gasteiger partial charge in [0.15, 0.2) is 0 Å². The minimum absolute atomic E-state index is 0.232. The fourth-order valence-electron chi connectivity index (χ4n) is 6.42. The number of nitrogens with zero attached hydrogens (tertiary/aromatic N) is 1. The highest BCUT2D eigenvalue weighted by molar-refractivity contribution is 5.83. The van der Waals surface area contributed by atoms with Crippen molar-refractivity contribution in [3.05, 3.63) is 29.8 Å². The number of carbonyl (C=O) groups excluding carboxylic acids is 1. The van der Waals surface area contributed by atoms with Crippen molar-refractivity contribution in [2.45, 2.75) is 57.5 Å². The van der Waals surface area contributed by atoms with Crippen LogP contribution in [-0.4, -0.2) is 24.5 Å². The molecule has 4 saturated carbocycles. The molecule has 1 aromatic rings. The normalized spacial score (nSPS) is 39.1. The Hall–Kier alpha value is -1.51. The van der Waals surface area contributed by atoms with E-state index in [9.17, 15) is 4.79 Å². The molecule has 5 aliphatic rings. The zero-order valence-electron chi connectivity index (χ0n) is 14.6. The van der Waals surface area contributed by atoms with Crippen LogP contribution in [0.5, 0.6) is 0 Å². The molecule has 4 aliphatic carbocycles. The molecule has 0 unspecified atom stereocenters. The number of amides is 1. The molecule has 1 amide bonds. The zero-order valence-corrected chi connectivity index (χ0v) is 14.6. The molecule has 1 aliphatic heterocycles. The average Bonchev–Trinajstić information content (AvgIpc) is 2.86. The van der Waals surface area contributed by atoms with E-state index in [1.54, 1.807) is 0 Å². The van der Waals surface area contributed by atoms with Crippen molar-refractivity contribution >= 4 is 11.6 Å². The minimum Gasteiger partial charge on any atom is -0.359 e. The monoisotopic (exact) mass is 324 g/mol. The van der Waals surface area contributed by atoms with Gasteiger partial charge in [-0.15, -0.1) is 0 Å².